The summed E-state index contributed by atoms with van der Waals surface area (Å²) in [6, 6.07) is 12.1. The highest BCUT2D eigenvalue weighted by molar-refractivity contribution is 5.83. The number of rotatable bonds is 6. The van der Waals surface area contributed by atoms with Crippen molar-refractivity contribution in [2.45, 2.75) is 12.8 Å². The molecule has 2 aliphatic rings. The fourth-order valence-corrected chi connectivity index (χ4v) is 3.86. The number of nitrogens with one attached hydrogen (secondary N) is 2. The molecule has 3 heterocycles. The highest BCUT2D eigenvalue weighted by Gasteiger charge is 2.18. The van der Waals surface area contributed by atoms with Gasteiger partial charge in [0.15, 0.2) is 0 Å². The van der Waals surface area contributed by atoms with E-state index in [1.165, 1.54) is 0 Å². The molecule has 8 heteroatoms. The first-order chi connectivity index (χ1) is 14.7. The van der Waals surface area contributed by atoms with Gasteiger partial charge in [-0.2, -0.15) is 0 Å². The molecule has 8 nitrogen and oxygen atoms in total. The Morgan fingerprint density at radius 1 is 1.10 bits per heavy atom. The Balaban J connectivity index is 1.27. The Hall–Kier alpha value is -2.94. The Morgan fingerprint density at radius 2 is 1.93 bits per heavy atom. The third kappa shape index (κ3) is 4.16. The van der Waals surface area contributed by atoms with Crippen molar-refractivity contribution >= 4 is 22.5 Å². The molecule has 0 amide bonds. The fourth-order valence-electron chi connectivity index (χ4n) is 3.86. The molecule has 1 fully saturated rings. The summed E-state index contributed by atoms with van der Waals surface area (Å²) in [4.78, 5) is 11.8. The van der Waals surface area contributed by atoms with Gasteiger partial charge in [0.05, 0.1) is 36.1 Å². The topological polar surface area (TPSA) is 97.6 Å². The van der Waals surface area contributed by atoms with E-state index >= 15 is 0 Å². The summed E-state index contributed by atoms with van der Waals surface area (Å²) in [6.07, 6.45) is 2.37. The number of nitrogens with two attached hydrogens (primary N) is 1. The number of nitrogens with zero attached hydrogens (tertiary/aromatic N) is 3. The maximum absolute atomic E-state index is 5.79. The van der Waals surface area contributed by atoms with Crippen LogP contribution >= 0.6 is 0 Å². The second-order valence-electron chi connectivity index (χ2n) is 7.59. The van der Waals surface area contributed by atoms with E-state index < -0.39 is 6.35 Å². The van der Waals surface area contributed by atoms with Crippen LogP contribution in [0.15, 0.2) is 42.6 Å². The molecular weight excluding hydrogens is 380 g/mol. The van der Waals surface area contributed by atoms with Gasteiger partial charge in [0.1, 0.15) is 11.6 Å². The first-order valence-corrected chi connectivity index (χ1v) is 10.4. The van der Waals surface area contributed by atoms with Crippen LogP contribution in [0.5, 0.6) is 5.75 Å². The average molecular weight is 406 g/mol. The standard InChI is InChI=1S/C22H26N6O2/c23-22-27-19-13-16(3-5-20(19)30-22)15-2-4-17-18(12-15)26-21(14-25-17)24-6-1-7-28-8-10-29-11-9-28/h2-5,12-14,22,27H,1,6-11,23H2,(H,24,26). The van der Waals surface area contributed by atoms with Crippen LogP contribution in [0.3, 0.4) is 0 Å². The molecule has 2 aliphatic heterocycles. The largest absolute Gasteiger partial charge is 0.456 e. The van der Waals surface area contributed by atoms with E-state index in [-0.39, 0.29) is 0 Å². The second-order valence-corrected chi connectivity index (χ2v) is 7.59. The van der Waals surface area contributed by atoms with Gasteiger partial charge >= 0.3 is 0 Å². The third-order valence-corrected chi connectivity index (χ3v) is 5.47. The van der Waals surface area contributed by atoms with Gasteiger partial charge in [-0.25, -0.2) is 4.98 Å². The fraction of sp³-hybridized carbons (Fsp3) is 0.364. The number of fused-ring (bicyclic) bond motifs is 2. The van der Waals surface area contributed by atoms with Crippen LogP contribution < -0.4 is 21.1 Å². The zero-order valence-corrected chi connectivity index (χ0v) is 16.8. The van der Waals surface area contributed by atoms with Crippen LogP contribution in [-0.2, 0) is 4.74 Å². The summed E-state index contributed by atoms with van der Waals surface area (Å²) in [5, 5.41) is 6.52. The summed E-state index contributed by atoms with van der Waals surface area (Å²) >= 11 is 0. The number of ether oxygens (including phenoxy) is 2. The van der Waals surface area contributed by atoms with Gasteiger partial charge in [0, 0.05) is 19.6 Å². The van der Waals surface area contributed by atoms with Gasteiger partial charge in [-0.05, 0) is 48.4 Å². The SMILES string of the molecule is NC1Nc2cc(-c3ccc4ncc(NCCCN5CCOCC5)nc4c3)ccc2O1. The van der Waals surface area contributed by atoms with Crippen LogP contribution in [0.2, 0.25) is 0 Å². The minimum Gasteiger partial charge on any atom is -0.456 e. The van der Waals surface area contributed by atoms with Gasteiger partial charge in [-0.3, -0.25) is 15.6 Å². The lowest BCUT2D eigenvalue weighted by atomic mass is 10.0. The lowest BCUT2D eigenvalue weighted by Gasteiger charge is -2.26. The number of hydrogen-bond acceptors (Lipinski definition) is 8. The molecule has 1 aromatic heterocycles. The first-order valence-electron chi connectivity index (χ1n) is 10.4. The molecule has 30 heavy (non-hydrogen) atoms. The first kappa shape index (κ1) is 19.0. The quantitative estimate of drug-likeness (QED) is 0.537. The van der Waals surface area contributed by atoms with E-state index in [9.17, 15) is 0 Å². The highest BCUT2D eigenvalue weighted by atomic mass is 16.5. The molecule has 2 aromatic carbocycles. The zero-order chi connectivity index (χ0) is 20.3. The lowest BCUT2D eigenvalue weighted by Crippen LogP contribution is -2.37. The number of aromatic nitrogens is 2. The Bertz CT molecular complexity index is 1040. The summed E-state index contributed by atoms with van der Waals surface area (Å²) in [7, 11) is 0. The third-order valence-electron chi connectivity index (χ3n) is 5.47. The van der Waals surface area contributed by atoms with Gasteiger partial charge in [-0.1, -0.05) is 12.1 Å². The minimum atomic E-state index is -0.491. The van der Waals surface area contributed by atoms with Crippen molar-refractivity contribution in [2.24, 2.45) is 5.73 Å². The van der Waals surface area contributed by atoms with E-state index in [0.29, 0.717) is 0 Å². The average Bonchev–Trinajstić information content (AvgIpc) is 3.16. The molecular formula is C22H26N6O2. The Labute approximate surface area is 175 Å². The van der Waals surface area contributed by atoms with Crippen LogP contribution in [-0.4, -0.2) is 60.6 Å². The smallest absolute Gasteiger partial charge is 0.225 e. The monoisotopic (exact) mass is 406 g/mol. The Morgan fingerprint density at radius 3 is 2.83 bits per heavy atom. The summed E-state index contributed by atoms with van der Waals surface area (Å²) in [5.41, 5.74) is 10.6. The summed E-state index contributed by atoms with van der Waals surface area (Å²) < 4.78 is 10.9. The maximum Gasteiger partial charge on any atom is 0.225 e. The van der Waals surface area contributed by atoms with Crippen LogP contribution in [0, 0.1) is 0 Å². The summed E-state index contributed by atoms with van der Waals surface area (Å²) in [5.74, 6) is 1.58. The van der Waals surface area contributed by atoms with Gasteiger partial charge in [-0.15, -0.1) is 0 Å². The Kier molecular flexibility index (Phi) is 5.35. The molecule has 156 valence electrons. The highest BCUT2D eigenvalue weighted by Crippen LogP contribution is 2.35. The van der Waals surface area contributed by atoms with E-state index in [0.717, 1.165) is 85.2 Å². The van der Waals surface area contributed by atoms with Crippen molar-refractivity contribution in [3.8, 4) is 16.9 Å². The van der Waals surface area contributed by atoms with E-state index in [1.54, 1.807) is 6.20 Å². The molecule has 0 aliphatic carbocycles. The van der Waals surface area contributed by atoms with Crippen molar-refractivity contribution in [3.63, 3.8) is 0 Å². The molecule has 0 bridgehead atoms. The molecule has 4 N–H and O–H groups in total. The predicted octanol–water partition coefficient (Wildman–Crippen LogP) is 2.48. The van der Waals surface area contributed by atoms with Crippen molar-refractivity contribution < 1.29 is 9.47 Å². The molecule has 5 rings (SSSR count). The van der Waals surface area contributed by atoms with Crippen LogP contribution in [0.4, 0.5) is 11.5 Å². The number of anilines is 2. The van der Waals surface area contributed by atoms with Crippen molar-refractivity contribution in [3.05, 3.63) is 42.6 Å². The number of benzene rings is 2. The molecule has 1 atom stereocenters. The summed E-state index contributed by atoms with van der Waals surface area (Å²) in [6.45, 7) is 5.66. The zero-order valence-electron chi connectivity index (χ0n) is 16.8. The van der Waals surface area contributed by atoms with E-state index in [2.05, 4.69) is 32.7 Å². The molecule has 0 spiro atoms. The maximum atomic E-state index is 5.79. The van der Waals surface area contributed by atoms with E-state index in [1.807, 2.05) is 24.3 Å². The van der Waals surface area contributed by atoms with Gasteiger partial charge in [0.25, 0.3) is 0 Å². The molecule has 3 aromatic rings. The van der Waals surface area contributed by atoms with Crippen LogP contribution in [0.25, 0.3) is 22.2 Å². The number of morpholine rings is 1. The predicted molar refractivity (Wildman–Crippen MR) is 118 cm³/mol. The second kappa shape index (κ2) is 8.43. The molecule has 1 unspecified atom stereocenters. The van der Waals surface area contributed by atoms with Gasteiger partial charge < -0.3 is 20.1 Å². The normalized spacial score (nSPS) is 18.6. The molecule has 0 radical (unpaired) electrons. The molecule has 1 saturated heterocycles. The van der Waals surface area contributed by atoms with Crippen LogP contribution in [0.1, 0.15) is 6.42 Å². The lowest BCUT2D eigenvalue weighted by molar-refractivity contribution is 0.0378. The van der Waals surface area contributed by atoms with E-state index in [4.69, 9.17) is 20.2 Å². The number of hydrogen-bond donors (Lipinski definition) is 3. The van der Waals surface area contributed by atoms with Crippen molar-refractivity contribution in [1.82, 2.24) is 14.9 Å². The van der Waals surface area contributed by atoms with Gasteiger partial charge in [0.2, 0.25) is 6.35 Å². The molecule has 0 saturated carbocycles. The van der Waals surface area contributed by atoms with Crippen molar-refractivity contribution in [1.29, 1.82) is 0 Å². The minimum absolute atomic E-state index is 0.491. The van der Waals surface area contributed by atoms with Crippen molar-refractivity contribution in [2.75, 3.05) is 50.0 Å².